The van der Waals surface area contributed by atoms with Crippen molar-refractivity contribution in [1.82, 2.24) is 5.48 Å². The van der Waals surface area contributed by atoms with Gasteiger partial charge in [0, 0.05) is 5.56 Å². The summed E-state index contributed by atoms with van der Waals surface area (Å²) in [5.41, 5.74) is 2.86. The first-order chi connectivity index (χ1) is 9.24. The van der Waals surface area contributed by atoms with Crippen molar-refractivity contribution < 1.29 is 19.1 Å². The predicted octanol–water partition coefficient (Wildman–Crippen LogP) is 2.67. The maximum absolute atomic E-state index is 12.0. The predicted molar refractivity (Wildman–Crippen MR) is 68.4 cm³/mol. The van der Waals surface area contributed by atoms with Crippen LogP contribution in [0.25, 0.3) is 0 Å². The van der Waals surface area contributed by atoms with Crippen LogP contribution in [0.4, 0.5) is 0 Å². The van der Waals surface area contributed by atoms with Gasteiger partial charge in [0.1, 0.15) is 0 Å². The molecule has 1 aromatic rings. The summed E-state index contributed by atoms with van der Waals surface area (Å²) in [6.45, 7) is 0.124. The maximum Gasteiger partial charge on any atom is 0.275 e. The van der Waals surface area contributed by atoms with Gasteiger partial charge in [0.2, 0.25) is 6.79 Å². The zero-order valence-electron chi connectivity index (χ0n) is 10.3. The molecule has 1 amide bonds. The minimum Gasteiger partial charge on any atom is -0.454 e. The molecule has 2 aliphatic rings. The van der Waals surface area contributed by atoms with Crippen LogP contribution in [0.1, 0.15) is 36.0 Å². The standard InChI is InChI=1S/C13H14ClNO4/c14-10-5-8(6-11-12(10)18-7-17-11)13(16)15-19-9-3-1-2-4-9/h5-6,9H,1-4,7H2,(H,15,16). The first-order valence-electron chi connectivity index (χ1n) is 6.29. The van der Waals surface area contributed by atoms with E-state index in [0.29, 0.717) is 22.1 Å². The van der Waals surface area contributed by atoms with E-state index < -0.39 is 0 Å². The Balaban J connectivity index is 1.67. The highest BCUT2D eigenvalue weighted by molar-refractivity contribution is 6.32. The second-order valence-corrected chi connectivity index (χ2v) is 5.05. The van der Waals surface area contributed by atoms with Crippen LogP contribution in [0.2, 0.25) is 5.02 Å². The SMILES string of the molecule is O=C(NOC1CCCC1)c1cc(Cl)c2c(c1)OCO2. The average molecular weight is 284 g/mol. The van der Waals surface area contributed by atoms with Gasteiger partial charge in [-0.15, -0.1) is 0 Å². The van der Waals surface area contributed by atoms with Crippen molar-refractivity contribution in [3.8, 4) is 11.5 Å². The number of ether oxygens (including phenoxy) is 2. The third-order valence-corrected chi connectivity index (χ3v) is 3.59. The summed E-state index contributed by atoms with van der Waals surface area (Å²) >= 11 is 6.02. The van der Waals surface area contributed by atoms with E-state index in [1.165, 1.54) is 0 Å². The fourth-order valence-electron chi connectivity index (χ4n) is 2.30. The molecule has 3 rings (SSSR count). The number of hydroxylamine groups is 1. The molecule has 1 aliphatic heterocycles. The molecule has 1 saturated carbocycles. The minimum absolute atomic E-state index is 0.119. The number of hydrogen-bond donors (Lipinski definition) is 1. The third-order valence-electron chi connectivity index (χ3n) is 3.31. The first-order valence-corrected chi connectivity index (χ1v) is 6.67. The fraction of sp³-hybridized carbons (Fsp3) is 0.462. The summed E-state index contributed by atoms with van der Waals surface area (Å²) in [6, 6.07) is 3.14. The Hall–Kier alpha value is -1.46. The van der Waals surface area contributed by atoms with Crippen LogP contribution >= 0.6 is 11.6 Å². The fourth-order valence-corrected chi connectivity index (χ4v) is 2.57. The van der Waals surface area contributed by atoms with Crippen LogP contribution < -0.4 is 15.0 Å². The van der Waals surface area contributed by atoms with Crippen molar-refractivity contribution in [1.29, 1.82) is 0 Å². The van der Waals surface area contributed by atoms with Crippen LogP contribution in [-0.2, 0) is 4.84 Å². The molecule has 0 spiro atoms. The smallest absolute Gasteiger partial charge is 0.275 e. The molecule has 0 unspecified atom stereocenters. The van der Waals surface area contributed by atoms with Crippen LogP contribution in [-0.4, -0.2) is 18.8 Å². The first kappa shape index (κ1) is 12.6. The lowest BCUT2D eigenvalue weighted by molar-refractivity contribution is -0.0125. The van der Waals surface area contributed by atoms with E-state index in [4.69, 9.17) is 25.9 Å². The van der Waals surface area contributed by atoms with Crippen molar-refractivity contribution in [3.63, 3.8) is 0 Å². The van der Waals surface area contributed by atoms with E-state index in [1.54, 1.807) is 12.1 Å². The van der Waals surface area contributed by atoms with Crippen molar-refractivity contribution in [2.75, 3.05) is 6.79 Å². The Morgan fingerprint density at radius 1 is 1.32 bits per heavy atom. The Morgan fingerprint density at radius 2 is 2.11 bits per heavy atom. The Morgan fingerprint density at radius 3 is 2.89 bits per heavy atom. The molecule has 19 heavy (non-hydrogen) atoms. The quantitative estimate of drug-likeness (QED) is 0.867. The minimum atomic E-state index is -0.327. The molecule has 0 aromatic heterocycles. The summed E-state index contributed by atoms with van der Waals surface area (Å²) in [6.07, 6.45) is 4.39. The molecular formula is C13H14ClNO4. The Kier molecular flexibility index (Phi) is 3.48. The third kappa shape index (κ3) is 2.62. The van der Waals surface area contributed by atoms with Crippen molar-refractivity contribution in [2.45, 2.75) is 31.8 Å². The summed E-state index contributed by atoms with van der Waals surface area (Å²) in [5, 5.41) is 0.362. The largest absolute Gasteiger partial charge is 0.454 e. The van der Waals surface area contributed by atoms with E-state index in [0.717, 1.165) is 25.7 Å². The zero-order chi connectivity index (χ0) is 13.2. The molecule has 1 heterocycles. The van der Waals surface area contributed by atoms with E-state index in [2.05, 4.69) is 5.48 Å². The summed E-state index contributed by atoms with van der Waals surface area (Å²) < 4.78 is 10.4. The summed E-state index contributed by atoms with van der Waals surface area (Å²) in [4.78, 5) is 17.3. The molecule has 1 N–H and O–H groups in total. The van der Waals surface area contributed by atoms with Crippen LogP contribution in [0.3, 0.4) is 0 Å². The van der Waals surface area contributed by atoms with E-state index in [1.807, 2.05) is 0 Å². The molecule has 1 fully saturated rings. The number of benzene rings is 1. The number of carbonyl (C=O) groups is 1. The normalized spacial score (nSPS) is 17.7. The highest BCUT2D eigenvalue weighted by Crippen LogP contribution is 2.39. The highest BCUT2D eigenvalue weighted by atomic mass is 35.5. The van der Waals surface area contributed by atoms with Gasteiger partial charge in [0.05, 0.1) is 11.1 Å². The molecule has 6 heteroatoms. The molecule has 0 radical (unpaired) electrons. The number of rotatable bonds is 3. The van der Waals surface area contributed by atoms with Gasteiger partial charge in [0.25, 0.3) is 5.91 Å². The summed E-state index contributed by atoms with van der Waals surface area (Å²) in [7, 11) is 0. The number of halogens is 1. The number of amides is 1. The molecule has 1 aliphatic carbocycles. The van der Waals surface area contributed by atoms with Gasteiger partial charge in [-0.1, -0.05) is 24.4 Å². The number of nitrogens with one attached hydrogen (secondary N) is 1. The van der Waals surface area contributed by atoms with Gasteiger partial charge < -0.3 is 9.47 Å². The topological polar surface area (TPSA) is 56.8 Å². The molecule has 1 aromatic carbocycles. The molecule has 5 nitrogen and oxygen atoms in total. The van der Waals surface area contributed by atoms with Gasteiger partial charge in [-0.25, -0.2) is 5.48 Å². The molecule has 0 atom stereocenters. The Bertz CT molecular complexity index is 500. The number of hydrogen-bond acceptors (Lipinski definition) is 4. The van der Waals surface area contributed by atoms with Gasteiger partial charge in [-0.05, 0) is 25.0 Å². The molecular weight excluding hydrogens is 270 g/mol. The van der Waals surface area contributed by atoms with Crippen molar-refractivity contribution >= 4 is 17.5 Å². The van der Waals surface area contributed by atoms with E-state index >= 15 is 0 Å². The highest BCUT2D eigenvalue weighted by Gasteiger charge is 2.22. The molecule has 0 saturated heterocycles. The van der Waals surface area contributed by atoms with Crippen molar-refractivity contribution in [3.05, 3.63) is 22.7 Å². The monoisotopic (exact) mass is 283 g/mol. The van der Waals surface area contributed by atoms with Crippen molar-refractivity contribution in [2.24, 2.45) is 0 Å². The zero-order valence-corrected chi connectivity index (χ0v) is 11.0. The summed E-state index contributed by atoms with van der Waals surface area (Å²) in [5.74, 6) is 0.639. The average Bonchev–Trinajstić information content (AvgIpc) is 3.06. The van der Waals surface area contributed by atoms with Crippen LogP contribution in [0.5, 0.6) is 11.5 Å². The lowest BCUT2D eigenvalue weighted by atomic mass is 10.2. The number of carbonyl (C=O) groups excluding carboxylic acids is 1. The lowest BCUT2D eigenvalue weighted by Gasteiger charge is -2.11. The number of fused-ring (bicyclic) bond motifs is 1. The lowest BCUT2D eigenvalue weighted by Crippen LogP contribution is -2.28. The van der Waals surface area contributed by atoms with Gasteiger partial charge in [-0.2, -0.15) is 0 Å². The molecule has 102 valence electrons. The Labute approximate surface area is 115 Å². The van der Waals surface area contributed by atoms with Crippen LogP contribution in [0, 0.1) is 0 Å². The van der Waals surface area contributed by atoms with E-state index in [-0.39, 0.29) is 18.8 Å². The second kappa shape index (κ2) is 5.27. The van der Waals surface area contributed by atoms with Crippen LogP contribution in [0.15, 0.2) is 12.1 Å². The van der Waals surface area contributed by atoms with Gasteiger partial charge in [0.15, 0.2) is 11.5 Å². The van der Waals surface area contributed by atoms with Gasteiger partial charge >= 0.3 is 0 Å². The van der Waals surface area contributed by atoms with E-state index in [9.17, 15) is 4.79 Å². The second-order valence-electron chi connectivity index (χ2n) is 4.65. The van der Waals surface area contributed by atoms with Gasteiger partial charge in [-0.3, -0.25) is 9.63 Å². The molecule has 0 bridgehead atoms. The maximum atomic E-state index is 12.0.